The maximum absolute atomic E-state index is 11.2. The van der Waals surface area contributed by atoms with Crippen LogP contribution in [0.25, 0.3) is 0 Å². The van der Waals surface area contributed by atoms with E-state index in [4.69, 9.17) is 0 Å². The number of aromatic nitrogens is 2. The third-order valence-electron chi connectivity index (χ3n) is 3.41. The van der Waals surface area contributed by atoms with Crippen LogP contribution in [0.15, 0.2) is 24.5 Å². The van der Waals surface area contributed by atoms with Gasteiger partial charge in [-0.05, 0) is 38.0 Å². The Balaban J connectivity index is 2.33. The number of nitrogens with one attached hydrogen (secondary N) is 1. The summed E-state index contributed by atoms with van der Waals surface area (Å²) in [6.07, 6.45) is 3.65. The Morgan fingerprint density at radius 2 is 2.00 bits per heavy atom. The predicted octanol–water partition coefficient (Wildman–Crippen LogP) is 3.12. The van der Waals surface area contributed by atoms with Crippen LogP contribution in [0.5, 0.6) is 0 Å². The van der Waals surface area contributed by atoms with Crippen molar-refractivity contribution in [2.45, 2.75) is 26.8 Å². The summed E-state index contributed by atoms with van der Waals surface area (Å²) in [4.78, 5) is 10.8. The average Bonchev–Trinajstić information content (AvgIpc) is 2.80. The molecule has 1 aromatic carbocycles. The van der Waals surface area contributed by atoms with E-state index >= 15 is 0 Å². The molecule has 2 aromatic rings. The van der Waals surface area contributed by atoms with Gasteiger partial charge in [0.2, 0.25) is 0 Å². The Hall–Kier alpha value is -2.37. The minimum atomic E-state index is -0.356. The molecule has 0 bridgehead atoms. The van der Waals surface area contributed by atoms with Gasteiger partial charge in [0.05, 0.1) is 17.2 Å². The summed E-state index contributed by atoms with van der Waals surface area (Å²) in [5, 5.41) is 18.5. The number of hydrogen-bond donors (Lipinski definition) is 1. The number of anilines is 1. The zero-order chi connectivity index (χ0) is 14.9. The van der Waals surface area contributed by atoms with E-state index < -0.39 is 0 Å². The average molecular weight is 274 g/mol. The van der Waals surface area contributed by atoms with Gasteiger partial charge in [0.1, 0.15) is 5.69 Å². The lowest BCUT2D eigenvalue weighted by atomic mass is 10.1. The van der Waals surface area contributed by atoms with Gasteiger partial charge in [-0.1, -0.05) is 0 Å². The third kappa shape index (κ3) is 2.79. The van der Waals surface area contributed by atoms with Gasteiger partial charge in [0, 0.05) is 24.9 Å². The lowest BCUT2D eigenvalue weighted by Crippen LogP contribution is -2.08. The van der Waals surface area contributed by atoms with Crippen molar-refractivity contribution >= 4 is 11.4 Å². The minimum Gasteiger partial charge on any atom is -0.373 e. The lowest BCUT2D eigenvalue weighted by Gasteiger charge is -2.15. The summed E-state index contributed by atoms with van der Waals surface area (Å²) < 4.78 is 1.71. The smallest absolute Gasteiger partial charge is 0.292 e. The monoisotopic (exact) mass is 274 g/mol. The molecule has 0 aliphatic rings. The minimum absolute atomic E-state index is 0.0514. The van der Waals surface area contributed by atoms with Gasteiger partial charge < -0.3 is 5.32 Å². The molecule has 1 atom stereocenters. The second-order valence-corrected chi connectivity index (χ2v) is 5.02. The Kier molecular flexibility index (Phi) is 3.74. The van der Waals surface area contributed by atoms with E-state index in [1.54, 1.807) is 16.9 Å². The Bertz CT molecular complexity index is 649. The quantitative estimate of drug-likeness (QED) is 0.686. The molecule has 0 saturated carbocycles. The fourth-order valence-corrected chi connectivity index (χ4v) is 2.05. The van der Waals surface area contributed by atoms with Crippen LogP contribution in [0.1, 0.15) is 29.7 Å². The largest absolute Gasteiger partial charge is 0.373 e. The van der Waals surface area contributed by atoms with E-state index in [1.807, 2.05) is 40.1 Å². The number of aryl methyl sites for hydroxylation is 3. The standard InChI is InChI=1S/C14H18N4O2/c1-9-5-13(14(18(19)20)6-10(9)2)16-11(3)12-7-15-17(4)8-12/h5-8,11,16H,1-4H3. The molecule has 1 unspecified atom stereocenters. The number of rotatable bonds is 4. The van der Waals surface area contributed by atoms with E-state index in [0.29, 0.717) is 5.69 Å². The van der Waals surface area contributed by atoms with Crippen molar-refractivity contribution in [3.63, 3.8) is 0 Å². The van der Waals surface area contributed by atoms with Gasteiger partial charge in [-0.15, -0.1) is 0 Å². The first kappa shape index (κ1) is 14.0. The highest BCUT2D eigenvalue weighted by molar-refractivity contribution is 5.65. The third-order valence-corrected chi connectivity index (χ3v) is 3.41. The van der Waals surface area contributed by atoms with Crippen molar-refractivity contribution in [2.24, 2.45) is 7.05 Å². The second kappa shape index (κ2) is 5.32. The first-order chi connectivity index (χ1) is 9.38. The molecule has 0 amide bonds. The first-order valence-corrected chi connectivity index (χ1v) is 6.39. The maximum Gasteiger partial charge on any atom is 0.292 e. The number of nitrogens with zero attached hydrogens (tertiary/aromatic N) is 3. The van der Waals surface area contributed by atoms with Crippen molar-refractivity contribution in [3.8, 4) is 0 Å². The van der Waals surface area contributed by atoms with Gasteiger partial charge in [-0.25, -0.2) is 0 Å². The zero-order valence-electron chi connectivity index (χ0n) is 12.0. The fourth-order valence-electron chi connectivity index (χ4n) is 2.05. The van der Waals surface area contributed by atoms with Crippen LogP contribution in [0, 0.1) is 24.0 Å². The highest BCUT2D eigenvalue weighted by atomic mass is 16.6. The number of benzene rings is 1. The summed E-state index contributed by atoms with van der Waals surface area (Å²) in [7, 11) is 1.84. The molecule has 2 rings (SSSR count). The molecule has 0 aliphatic heterocycles. The molecule has 0 aliphatic carbocycles. The summed E-state index contributed by atoms with van der Waals surface area (Å²) in [6.45, 7) is 5.77. The van der Waals surface area contributed by atoms with E-state index in [9.17, 15) is 10.1 Å². The van der Waals surface area contributed by atoms with Crippen LogP contribution in [0.2, 0.25) is 0 Å². The SMILES string of the molecule is Cc1cc(NC(C)c2cnn(C)c2)c([N+](=O)[O-])cc1C. The Morgan fingerprint density at radius 3 is 2.55 bits per heavy atom. The van der Waals surface area contributed by atoms with E-state index in [0.717, 1.165) is 16.7 Å². The molecule has 6 nitrogen and oxygen atoms in total. The highest BCUT2D eigenvalue weighted by Gasteiger charge is 2.18. The fraction of sp³-hybridized carbons (Fsp3) is 0.357. The summed E-state index contributed by atoms with van der Waals surface area (Å²) in [5.41, 5.74) is 3.56. The molecule has 1 heterocycles. The van der Waals surface area contributed by atoms with Gasteiger partial charge in [0.25, 0.3) is 5.69 Å². The van der Waals surface area contributed by atoms with Crippen LogP contribution < -0.4 is 5.32 Å². The van der Waals surface area contributed by atoms with E-state index in [1.165, 1.54) is 0 Å². The van der Waals surface area contributed by atoms with Crippen LogP contribution in [0.4, 0.5) is 11.4 Å². The topological polar surface area (TPSA) is 73.0 Å². The molecule has 0 radical (unpaired) electrons. The van der Waals surface area contributed by atoms with Crippen LogP contribution in [-0.2, 0) is 7.05 Å². The molecular formula is C14H18N4O2. The predicted molar refractivity (Wildman–Crippen MR) is 77.8 cm³/mol. The molecule has 6 heteroatoms. The van der Waals surface area contributed by atoms with Gasteiger partial charge in [0.15, 0.2) is 0 Å². The maximum atomic E-state index is 11.2. The summed E-state index contributed by atoms with van der Waals surface area (Å²) in [5.74, 6) is 0. The molecule has 1 aromatic heterocycles. The number of nitro benzene ring substituents is 1. The lowest BCUT2D eigenvalue weighted by molar-refractivity contribution is -0.384. The molecule has 0 spiro atoms. The second-order valence-electron chi connectivity index (χ2n) is 5.02. The number of nitro groups is 1. The van der Waals surface area contributed by atoms with Crippen LogP contribution in [-0.4, -0.2) is 14.7 Å². The normalized spacial score (nSPS) is 12.2. The van der Waals surface area contributed by atoms with Gasteiger partial charge in [-0.3, -0.25) is 14.8 Å². The van der Waals surface area contributed by atoms with Crippen LogP contribution in [0.3, 0.4) is 0 Å². The summed E-state index contributed by atoms with van der Waals surface area (Å²) >= 11 is 0. The molecule has 1 N–H and O–H groups in total. The van der Waals surface area contributed by atoms with E-state index in [-0.39, 0.29) is 16.7 Å². The first-order valence-electron chi connectivity index (χ1n) is 6.39. The van der Waals surface area contributed by atoms with Crippen molar-refractivity contribution in [1.29, 1.82) is 0 Å². The van der Waals surface area contributed by atoms with Gasteiger partial charge >= 0.3 is 0 Å². The van der Waals surface area contributed by atoms with Crippen molar-refractivity contribution in [2.75, 3.05) is 5.32 Å². The molecule has 106 valence electrons. The molecule has 20 heavy (non-hydrogen) atoms. The summed E-state index contributed by atoms with van der Waals surface area (Å²) in [6, 6.07) is 3.37. The van der Waals surface area contributed by atoms with Crippen molar-refractivity contribution in [1.82, 2.24) is 9.78 Å². The van der Waals surface area contributed by atoms with Crippen molar-refractivity contribution in [3.05, 3.63) is 51.3 Å². The Morgan fingerprint density at radius 1 is 1.35 bits per heavy atom. The molecular weight excluding hydrogens is 256 g/mol. The highest BCUT2D eigenvalue weighted by Crippen LogP contribution is 2.30. The Labute approximate surface area is 117 Å². The van der Waals surface area contributed by atoms with Crippen molar-refractivity contribution < 1.29 is 4.92 Å². The van der Waals surface area contributed by atoms with Crippen LogP contribution >= 0.6 is 0 Å². The molecule has 0 fully saturated rings. The zero-order valence-corrected chi connectivity index (χ0v) is 12.0. The molecule has 0 saturated heterocycles. The van der Waals surface area contributed by atoms with Gasteiger partial charge in [-0.2, -0.15) is 5.10 Å². The number of hydrogen-bond acceptors (Lipinski definition) is 4. The van der Waals surface area contributed by atoms with E-state index in [2.05, 4.69) is 10.4 Å².